The van der Waals surface area contributed by atoms with E-state index in [4.69, 9.17) is 0 Å². The van der Waals surface area contributed by atoms with E-state index in [1.54, 1.807) is 5.01 Å². The number of nitrogens with one attached hydrogen (secondary N) is 1. The molecule has 1 unspecified atom stereocenters. The van der Waals surface area contributed by atoms with Crippen molar-refractivity contribution >= 4 is 11.3 Å². The number of nitrogens with zero attached hydrogens (tertiary/aromatic N) is 1. The van der Waals surface area contributed by atoms with Crippen LogP contribution in [0.3, 0.4) is 0 Å². The Labute approximate surface area is 50.3 Å². The molecule has 1 N–H and O–H groups in total. The van der Waals surface area contributed by atoms with E-state index in [9.17, 15) is 8.76 Å². The van der Waals surface area contributed by atoms with E-state index in [1.165, 1.54) is 0 Å². The highest BCUT2D eigenvalue weighted by Gasteiger charge is 2.11. The Morgan fingerprint density at radius 3 is 2.38 bits per heavy atom. The van der Waals surface area contributed by atoms with Crippen LogP contribution in [0.1, 0.15) is 6.42 Å². The Morgan fingerprint density at radius 1 is 1.62 bits per heavy atom. The fourth-order valence-corrected chi connectivity index (χ4v) is 0.906. The molecule has 5 heteroatoms. The molecule has 0 radical (unpaired) electrons. The van der Waals surface area contributed by atoms with Gasteiger partial charge >= 0.3 is 0 Å². The zero-order chi connectivity index (χ0) is 5.98. The number of hydrogen-bond donors (Lipinski definition) is 1. The summed E-state index contributed by atoms with van der Waals surface area (Å²) in [5.74, 6) is 0. The molecule has 4 nitrogen and oxygen atoms in total. The summed E-state index contributed by atoms with van der Waals surface area (Å²) in [6, 6.07) is 0. The molecule has 1 heterocycles. The first-order valence-corrected chi connectivity index (χ1v) is 3.47. The lowest BCUT2D eigenvalue weighted by Gasteiger charge is -2.31. The van der Waals surface area contributed by atoms with E-state index in [0.29, 0.717) is 0 Å². The minimum absolute atomic E-state index is 0.841. The summed E-state index contributed by atoms with van der Waals surface area (Å²) in [6.07, 6.45) is 1.09. The second-order valence-electron chi connectivity index (χ2n) is 1.67. The highest BCUT2D eigenvalue weighted by molar-refractivity contribution is 7.76. The summed E-state index contributed by atoms with van der Waals surface area (Å²) in [4.78, 5) is 2.23. The van der Waals surface area contributed by atoms with Gasteiger partial charge in [0, 0.05) is 24.4 Å². The molecule has 1 rings (SSSR count). The second-order valence-corrected chi connectivity index (χ2v) is 2.32. The van der Waals surface area contributed by atoms with Crippen molar-refractivity contribution in [3.63, 3.8) is 0 Å². The fraction of sp³-hybridized carbons (Fsp3) is 1.00. The highest BCUT2D eigenvalue weighted by Crippen LogP contribution is 1.99. The molecule has 0 amide bonds. The summed E-state index contributed by atoms with van der Waals surface area (Å²) in [5, 5.41) is 1.64. The Morgan fingerprint density at radius 2 is 2.25 bits per heavy atom. The van der Waals surface area contributed by atoms with Crippen molar-refractivity contribution < 1.29 is 8.76 Å². The molecule has 1 saturated heterocycles. The maximum atomic E-state index is 9.85. The minimum Gasteiger partial charge on any atom is -0.759 e. The van der Waals surface area contributed by atoms with Crippen molar-refractivity contribution in [3.05, 3.63) is 0 Å². The van der Waals surface area contributed by atoms with Gasteiger partial charge in [-0.05, 0) is 6.42 Å². The summed E-state index contributed by atoms with van der Waals surface area (Å²) in [6.45, 7) is 1.68. The standard InChI is InChI=1S/C3H8N2O2S/c6-8(7)4-5-2-1-3-5/h4H,1-3H2,(H,6,7)/p-1. The first kappa shape index (κ1) is 6.15. The molecule has 48 valence electrons. The van der Waals surface area contributed by atoms with Crippen LogP contribution in [0.25, 0.3) is 0 Å². The highest BCUT2D eigenvalue weighted by atomic mass is 32.2. The van der Waals surface area contributed by atoms with Crippen LogP contribution in [-0.4, -0.2) is 26.9 Å². The van der Waals surface area contributed by atoms with Crippen LogP contribution in [0.15, 0.2) is 0 Å². The fourth-order valence-electron chi connectivity index (χ4n) is 0.513. The molecule has 0 saturated carbocycles. The molecule has 1 aliphatic heterocycles. The van der Waals surface area contributed by atoms with E-state index in [2.05, 4.69) is 4.83 Å². The minimum atomic E-state index is -2.12. The zero-order valence-electron chi connectivity index (χ0n) is 4.29. The van der Waals surface area contributed by atoms with Gasteiger partial charge in [-0.15, -0.1) is 0 Å². The SMILES string of the molecule is O=S([O-])NN1CCC1. The third-order valence-corrected chi connectivity index (χ3v) is 1.47. The summed E-state index contributed by atoms with van der Waals surface area (Å²) < 4.78 is 19.7. The van der Waals surface area contributed by atoms with Crippen molar-refractivity contribution in [1.82, 2.24) is 9.84 Å². The van der Waals surface area contributed by atoms with Gasteiger partial charge in [0.05, 0.1) is 0 Å². The third kappa shape index (κ3) is 1.52. The Hall–Kier alpha value is 0.0300. The number of rotatable bonds is 2. The molecule has 0 spiro atoms. The van der Waals surface area contributed by atoms with Crippen LogP contribution in [-0.2, 0) is 11.3 Å². The smallest absolute Gasteiger partial charge is 0.0326 e. The van der Waals surface area contributed by atoms with Crippen LogP contribution in [0, 0.1) is 0 Å². The lowest BCUT2D eigenvalue weighted by atomic mass is 10.3. The summed E-state index contributed by atoms with van der Waals surface area (Å²) in [5.41, 5.74) is 0. The Kier molecular flexibility index (Phi) is 1.95. The van der Waals surface area contributed by atoms with Gasteiger partial charge in [-0.1, -0.05) is 0 Å². The maximum Gasteiger partial charge on any atom is 0.0326 e. The molecule has 0 aromatic heterocycles. The zero-order valence-corrected chi connectivity index (χ0v) is 5.11. The molecule has 0 aliphatic carbocycles. The van der Waals surface area contributed by atoms with E-state index >= 15 is 0 Å². The van der Waals surface area contributed by atoms with Gasteiger partial charge in [0.1, 0.15) is 0 Å². The molecule has 0 bridgehead atoms. The normalized spacial score (nSPS) is 24.6. The van der Waals surface area contributed by atoms with Crippen LogP contribution in [0.2, 0.25) is 0 Å². The van der Waals surface area contributed by atoms with Crippen molar-refractivity contribution in [3.8, 4) is 0 Å². The van der Waals surface area contributed by atoms with Crippen molar-refractivity contribution in [2.75, 3.05) is 13.1 Å². The molecule has 8 heavy (non-hydrogen) atoms. The molecular weight excluding hydrogens is 128 g/mol. The Bertz CT molecular complexity index is 103. The van der Waals surface area contributed by atoms with Gasteiger partial charge in [-0.3, -0.25) is 4.21 Å². The van der Waals surface area contributed by atoms with Gasteiger partial charge in [-0.25, -0.2) is 5.01 Å². The number of hydrazine groups is 1. The van der Waals surface area contributed by atoms with Crippen LogP contribution >= 0.6 is 0 Å². The average Bonchev–Trinajstić information content (AvgIpc) is 1.55. The second kappa shape index (κ2) is 2.54. The van der Waals surface area contributed by atoms with E-state index in [-0.39, 0.29) is 0 Å². The summed E-state index contributed by atoms with van der Waals surface area (Å²) in [7, 11) is 0. The van der Waals surface area contributed by atoms with E-state index < -0.39 is 11.3 Å². The monoisotopic (exact) mass is 135 g/mol. The first-order valence-electron chi connectivity index (χ1n) is 2.39. The lowest BCUT2D eigenvalue weighted by Crippen LogP contribution is -2.47. The number of hydrogen-bond acceptors (Lipinski definition) is 3. The van der Waals surface area contributed by atoms with Gasteiger partial charge in [-0.2, -0.15) is 4.83 Å². The predicted octanol–water partition coefficient (Wildman–Crippen LogP) is -1.01. The van der Waals surface area contributed by atoms with Crippen molar-refractivity contribution in [2.45, 2.75) is 6.42 Å². The molecule has 1 aliphatic rings. The maximum absolute atomic E-state index is 9.85. The van der Waals surface area contributed by atoms with Crippen LogP contribution in [0.4, 0.5) is 0 Å². The molecule has 1 fully saturated rings. The lowest BCUT2D eigenvalue weighted by molar-refractivity contribution is 0.150. The first-order chi connectivity index (χ1) is 3.79. The largest absolute Gasteiger partial charge is 0.759 e. The van der Waals surface area contributed by atoms with Gasteiger partial charge in [0.2, 0.25) is 0 Å². The van der Waals surface area contributed by atoms with Crippen LogP contribution < -0.4 is 4.83 Å². The topological polar surface area (TPSA) is 55.4 Å². The van der Waals surface area contributed by atoms with Gasteiger partial charge in [0.15, 0.2) is 0 Å². The van der Waals surface area contributed by atoms with Crippen LogP contribution in [0.5, 0.6) is 0 Å². The average molecular weight is 135 g/mol. The molecular formula is C3H7N2O2S-. The van der Waals surface area contributed by atoms with Gasteiger partial charge in [0.25, 0.3) is 0 Å². The summed E-state index contributed by atoms with van der Waals surface area (Å²) >= 11 is -2.12. The quantitative estimate of drug-likeness (QED) is 0.494. The molecule has 0 aromatic rings. The van der Waals surface area contributed by atoms with Gasteiger partial charge < -0.3 is 4.55 Å². The predicted molar refractivity (Wildman–Crippen MR) is 28.2 cm³/mol. The molecule has 0 aromatic carbocycles. The van der Waals surface area contributed by atoms with E-state index in [1.807, 2.05) is 0 Å². The van der Waals surface area contributed by atoms with Crippen molar-refractivity contribution in [1.29, 1.82) is 0 Å². The van der Waals surface area contributed by atoms with Crippen molar-refractivity contribution in [2.24, 2.45) is 0 Å². The third-order valence-electron chi connectivity index (χ3n) is 1.06. The molecule has 1 atom stereocenters. The Balaban J connectivity index is 2.09. The van der Waals surface area contributed by atoms with E-state index in [0.717, 1.165) is 19.5 Å².